The maximum Gasteiger partial charge on any atom is 0.407 e. The van der Waals surface area contributed by atoms with Crippen LogP contribution in [0.15, 0.2) is 0 Å². The summed E-state index contributed by atoms with van der Waals surface area (Å²) in [5, 5.41) is 2.78. The summed E-state index contributed by atoms with van der Waals surface area (Å²) in [5.41, 5.74) is 0. The van der Waals surface area contributed by atoms with E-state index in [1.165, 1.54) is 12.8 Å². The fourth-order valence-corrected chi connectivity index (χ4v) is 1.91. The fraction of sp³-hybridized carbons (Fsp3) is 0.917. The summed E-state index contributed by atoms with van der Waals surface area (Å²) < 4.78 is 5.34. The van der Waals surface area contributed by atoms with Gasteiger partial charge >= 0.3 is 6.09 Å². The first-order valence-corrected chi connectivity index (χ1v) is 6.16. The molecular formula is C12H23NO2. The van der Waals surface area contributed by atoms with Gasteiger partial charge in [-0.05, 0) is 38.0 Å². The minimum atomic E-state index is -0.233. The highest BCUT2D eigenvalue weighted by Crippen LogP contribution is 2.25. The van der Waals surface area contributed by atoms with Crippen LogP contribution in [0.2, 0.25) is 0 Å². The van der Waals surface area contributed by atoms with Gasteiger partial charge in [0.25, 0.3) is 0 Å². The number of ether oxygens (including phenoxy) is 1. The molecule has 3 heteroatoms. The third-order valence-corrected chi connectivity index (χ3v) is 3.04. The van der Waals surface area contributed by atoms with Crippen molar-refractivity contribution in [1.82, 2.24) is 5.32 Å². The fourth-order valence-electron chi connectivity index (χ4n) is 1.91. The Balaban J connectivity index is 2.09. The van der Waals surface area contributed by atoms with Crippen molar-refractivity contribution >= 4 is 6.09 Å². The van der Waals surface area contributed by atoms with Gasteiger partial charge in [0.15, 0.2) is 0 Å². The second kappa shape index (κ2) is 6.70. The largest absolute Gasteiger partial charge is 0.446 e. The van der Waals surface area contributed by atoms with Gasteiger partial charge in [0.05, 0.1) is 0 Å². The van der Waals surface area contributed by atoms with E-state index in [-0.39, 0.29) is 12.2 Å². The van der Waals surface area contributed by atoms with Gasteiger partial charge in [0, 0.05) is 6.54 Å². The van der Waals surface area contributed by atoms with Gasteiger partial charge in [-0.2, -0.15) is 0 Å². The number of rotatable bonds is 4. The molecule has 1 aliphatic carbocycles. The zero-order valence-corrected chi connectivity index (χ0v) is 9.92. The maximum atomic E-state index is 11.3. The third-order valence-electron chi connectivity index (χ3n) is 3.04. The molecule has 0 spiro atoms. The topological polar surface area (TPSA) is 38.3 Å². The van der Waals surface area contributed by atoms with E-state index in [9.17, 15) is 4.79 Å². The molecule has 0 bridgehead atoms. The van der Waals surface area contributed by atoms with Crippen LogP contribution in [-0.2, 0) is 4.74 Å². The molecule has 1 aliphatic rings. The van der Waals surface area contributed by atoms with Crippen molar-refractivity contribution in [3.63, 3.8) is 0 Å². The van der Waals surface area contributed by atoms with Crippen LogP contribution in [0.1, 0.15) is 52.4 Å². The molecule has 0 atom stereocenters. The summed E-state index contributed by atoms with van der Waals surface area (Å²) in [7, 11) is 0. The van der Waals surface area contributed by atoms with Gasteiger partial charge < -0.3 is 10.1 Å². The van der Waals surface area contributed by atoms with E-state index in [2.05, 4.69) is 19.2 Å². The molecule has 1 rings (SSSR count). The van der Waals surface area contributed by atoms with E-state index < -0.39 is 0 Å². The van der Waals surface area contributed by atoms with E-state index in [1.807, 2.05) is 0 Å². The Hall–Kier alpha value is -0.730. The van der Waals surface area contributed by atoms with Crippen LogP contribution in [0.5, 0.6) is 0 Å². The molecule has 0 aromatic rings. The Labute approximate surface area is 92.6 Å². The summed E-state index contributed by atoms with van der Waals surface area (Å²) in [5.74, 6) is 0.799. The Kier molecular flexibility index (Phi) is 5.51. The lowest BCUT2D eigenvalue weighted by atomic mass is 9.89. The number of unbranched alkanes of at least 4 members (excludes halogenated alkanes) is 1. The van der Waals surface area contributed by atoms with Gasteiger partial charge in [0.2, 0.25) is 0 Å². The molecule has 88 valence electrons. The number of amides is 1. The Morgan fingerprint density at radius 3 is 2.60 bits per heavy atom. The van der Waals surface area contributed by atoms with Crippen LogP contribution in [0, 0.1) is 5.92 Å². The normalized spacial score (nSPS) is 26.0. The van der Waals surface area contributed by atoms with E-state index >= 15 is 0 Å². The molecule has 0 aliphatic heterocycles. The molecule has 0 saturated heterocycles. The van der Waals surface area contributed by atoms with Crippen LogP contribution in [0.4, 0.5) is 4.79 Å². The Bertz CT molecular complexity index is 186. The number of hydrogen-bond donors (Lipinski definition) is 1. The van der Waals surface area contributed by atoms with Crippen molar-refractivity contribution in [3.05, 3.63) is 0 Å². The second-order valence-corrected chi connectivity index (χ2v) is 4.57. The molecule has 0 heterocycles. The number of alkyl carbamates (subject to hydrolysis) is 1. The molecular weight excluding hydrogens is 190 g/mol. The predicted octanol–water partition coefficient (Wildman–Crippen LogP) is 3.09. The molecule has 0 aromatic heterocycles. The first-order valence-electron chi connectivity index (χ1n) is 6.16. The molecule has 0 radical (unpaired) electrons. The van der Waals surface area contributed by atoms with Crippen molar-refractivity contribution in [2.24, 2.45) is 5.92 Å². The van der Waals surface area contributed by atoms with Crippen molar-refractivity contribution < 1.29 is 9.53 Å². The molecule has 1 fully saturated rings. The number of carbonyl (C=O) groups is 1. The zero-order valence-electron chi connectivity index (χ0n) is 9.92. The summed E-state index contributed by atoms with van der Waals surface area (Å²) in [4.78, 5) is 11.3. The molecule has 1 N–H and O–H groups in total. The number of nitrogens with one attached hydrogen (secondary N) is 1. The highest BCUT2D eigenvalue weighted by molar-refractivity contribution is 5.67. The predicted molar refractivity (Wildman–Crippen MR) is 60.8 cm³/mol. The summed E-state index contributed by atoms with van der Waals surface area (Å²) in [6, 6.07) is 0. The van der Waals surface area contributed by atoms with E-state index in [4.69, 9.17) is 4.74 Å². The average Bonchev–Trinajstić information content (AvgIpc) is 2.22. The van der Waals surface area contributed by atoms with E-state index in [0.29, 0.717) is 0 Å². The smallest absolute Gasteiger partial charge is 0.407 e. The van der Waals surface area contributed by atoms with Crippen LogP contribution in [-0.4, -0.2) is 18.7 Å². The average molecular weight is 213 g/mol. The highest BCUT2D eigenvalue weighted by atomic mass is 16.6. The first-order chi connectivity index (χ1) is 7.22. The quantitative estimate of drug-likeness (QED) is 0.729. The zero-order chi connectivity index (χ0) is 11.1. The molecule has 1 saturated carbocycles. The van der Waals surface area contributed by atoms with Crippen LogP contribution in [0.3, 0.4) is 0 Å². The van der Waals surface area contributed by atoms with Crippen molar-refractivity contribution in [1.29, 1.82) is 0 Å². The Morgan fingerprint density at radius 1 is 1.33 bits per heavy atom. The summed E-state index contributed by atoms with van der Waals surface area (Å²) >= 11 is 0. The van der Waals surface area contributed by atoms with Gasteiger partial charge in [-0.3, -0.25) is 0 Å². The van der Waals surface area contributed by atoms with Gasteiger partial charge in [-0.15, -0.1) is 0 Å². The SMILES string of the molecule is CCCCNC(=O)OC1CCC(C)CC1. The minimum Gasteiger partial charge on any atom is -0.446 e. The van der Waals surface area contributed by atoms with Crippen LogP contribution >= 0.6 is 0 Å². The number of carbonyl (C=O) groups excluding carboxylic acids is 1. The second-order valence-electron chi connectivity index (χ2n) is 4.57. The summed E-state index contributed by atoms with van der Waals surface area (Å²) in [6.07, 6.45) is 6.48. The van der Waals surface area contributed by atoms with Crippen LogP contribution < -0.4 is 5.32 Å². The van der Waals surface area contributed by atoms with Crippen LogP contribution in [0.25, 0.3) is 0 Å². The molecule has 1 amide bonds. The monoisotopic (exact) mass is 213 g/mol. The van der Waals surface area contributed by atoms with Gasteiger partial charge in [0.1, 0.15) is 6.10 Å². The lowest BCUT2D eigenvalue weighted by Gasteiger charge is -2.25. The maximum absolute atomic E-state index is 11.3. The van der Waals surface area contributed by atoms with E-state index in [0.717, 1.165) is 38.1 Å². The molecule has 0 aromatic carbocycles. The summed E-state index contributed by atoms with van der Waals surface area (Å²) in [6.45, 7) is 5.10. The number of hydrogen-bond acceptors (Lipinski definition) is 2. The van der Waals surface area contributed by atoms with E-state index in [1.54, 1.807) is 0 Å². The highest BCUT2D eigenvalue weighted by Gasteiger charge is 2.20. The standard InChI is InChI=1S/C12H23NO2/c1-3-4-9-13-12(14)15-11-7-5-10(2)6-8-11/h10-11H,3-9H2,1-2H3,(H,13,14). The Morgan fingerprint density at radius 2 is 2.00 bits per heavy atom. The minimum absolute atomic E-state index is 0.155. The molecule has 3 nitrogen and oxygen atoms in total. The van der Waals surface area contributed by atoms with Crippen molar-refractivity contribution in [2.45, 2.75) is 58.5 Å². The van der Waals surface area contributed by atoms with Gasteiger partial charge in [-0.1, -0.05) is 20.3 Å². The lowest BCUT2D eigenvalue weighted by molar-refractivity contribution is 0.0663. The molecule has 0 unspecified atom stereocenters. The first kappa shape index (κ1) is 12.3. The lowest BCUT2D eigenvalue weighted by Crippen LogP contribution is -2.31. The molecule has 15 heavy (non-hydrogen) atoms. The van der Waals surface area contributed by atoms with Gasteiger partial charge in [-0.25, -0.2) is 4.79 Å². The van der Waals surface area contributed by atoms with Crippen molar-refractivity contribution in [3.8, 4) is 0 Å². The third kappa shape index (κ3) is 5.05. The van der Waals surface area contributed by atoms with Crippen molar-refractivity contribution in [2.75, 3.05) is 6.54 Å².